The van der Waals surface area contributed by atoms with Crippen molar-refractivity contribution in [2.75, 3.05) is 0 Å². The van der Waals surface area contributed by atoms with E-state index in [-0.39, 0.29) is 11.5 Å². The zero-order valence-corrected chi connectivity index (χ0v) is 19.6. The number of hydrogen-bond acceptors (Lipinski definition) is 3. The predicted molar refractivity (Wildman–Crippen MR) is 128 cm³/mol. The molecule has 166 valence electrons. The molecule has 0 aliphatic heterocycles. The molecule has 0 heterocycles. The van der Waals surface area contributed by atoms with Gasteiger partial charge in [-0.15, -0.1) is 0 Å². The van der Waals surface area contributed by atoms with E-state index >= 15 is 0 Å². The minimum Gasteiger partial charge on any atom is -0.508 e. The molecule has 0 radical (unpaired) electrons. The topological polar surface area (TPSA) is 60.7 Å². The Morgan fingerprint density at radius 2 is 1.50 bits per heavy atom. The van der Waals surface area contributed by atoms with Crippen LogP contribution >= 0.6 is 0 Å². The highest BCUT2D eigenvalue weighted by molar-refractivity contribution is 5.46. The highest BCUT2D eigenvalue weighted by Crippen LogP contribution is 2.28. The summed E-state index contributed by atoms with van der Waals surface area (Å²) in [6.07, 6.45) is 13.2. The van der Waals surface area contributed by atoms with Gasteiger partial charge in [0.05, 0.1) is 6.10 Å². The molecule has 0 aliphatic rings. The molecular formula is C27H40O3. The van der Waals surface area contributed by atoms with Crippen molar-refractivity contribution in [3.8, 4) is 11.5 Å². The fraction of sp³-hybridized carbons (Fsp3) is 0.481. The van der Waals surface area contributed by atoms with E-state index in [2.05, 4.69) is 52.8 Å². The van der Waals surface area contributed by atoms with Crippen molar-refractivity contribution in [3.05, 3.63) is 69.9 Å². The minimum absolute atomic E-state index is 0.185. The zero-order valence-electron chi connectivity index (χ0n) is 19.6. The summed E-state index contributed by atoms with van der Waals surface area (Å²) in [7, 11) is 0. The molecule has 3 heteroatoms. The molecule has 0 aromatic heterocycles. The molecule has 0 fully saturated rings. The predicted octanol–water partition coefficient (Wildman–Crippen LogP) is 7.07. The average Bonchev–Trinajstić information content (AvgIpc) is 2.62. The largest absolute Gasteiger partial charge is 0.508 e. The third-order valence-electron chi connectivity index (χ3n) is 5.17. The van der Waals surface area contributed by atoms with E-state index in [9.17, 15) is 15.3 Å². The van der Waals surface area contributed by atoms with Crippen LogP contribution in [0.5, 0.6) is 11.5 Å². The van der Waals surface area contributed by atoms with Crippen LogP contribution in [-0.2, 0) is 6.42 Å². The Labute approximate surface area is 183 Å². The van der Waals surface area contributed by atoms with Crippen molar-refractivity contribution in [2.45, 2.75) is 86.2 Å². The lowest BCUT2D eigenvalue weighted by atomic mass is 10.0. The summed E-state index contributed by atoms with van der Waals surface area (Å²) in [6, 6.07) is 3.18. The van der Waals surface area contributed by atoms with Crippen molar-refractivity contribution in [2.24, 2.45) is 0 Å². The van der Waals surface area contributed by atoms with Gasteiger partial charge in [-0.1, -0.05) is 46.6 Å². The van der Waals surface area contributed by atoms with Gasteiger partial charge in [0.2, 0.25) is 0 Å². The molecule has 1 aromatic carbocycles. The first kappa shape index (κ1) is 25.8. The molecule has 3 N–H and O–H groups in total. The van der Waals surface area contributed by atoms with Gasteiger partial charge in [-0.3, -0.25) is 0 Å². The van der Waals surface area contributed by atoms with E-state index in [0.29, 0.717) is 18.4 Å². The molecule has 1 unspecified atom stereocenters. The number of hydrogen-bond donors (Lipinski definition) is 3. The van der Waals surface area contributed by atoms with Gasteiger partial charge in [0, 0.05) is 5.56 Å². The molecule has 3 nitrogen and oxygen atoms in total. The van der Waals surface area contributed by atoms with Gasteiger partial charge in [0.15, 0.2) is 0 Å². The molecule has 30 heavy (non-hydrogen) atoms. The first-order valence-corrected chi connectivity index (χ1v) is 10.9. The molecule has 0 bridgehead atoms. The smallest absolute Gasteiger partial charge is 0.122 e. The van der Waals surface area contributed by atoms with Crippen molar-refractivity contribution < 1.29 is 15.3 Å². The van der Waals surface area contributed by atoms with Crippen molar-refractivity contribution in [1.29, 1.82) is 0 Å². The van der Waals surface area contributed by atoms with Gasteiger partial charge < -0.3 is 15.3 Å². The van der Waals surface area contributed by atoms with Crippen LogP contribution in [0.1, 0.15) is 77.8 Å². The van der Waals surface area contributed by atoms with Gasteiger partial charge in [-0.25, -0.2) is 0 Å². The maximum atomic E-state index is 10.3. The zero-order chi connectivity index (χ0) is 22.7. The number of allylic oxidation sites excluding steroid dienone is 6. The Hall–Kier alpha value is -2.26. The number of phenols is 2. The molecular weight excluding hydrogens is 372 g/mol. The number of aromatic hydroxyl groups is 2. The number of aliphatic hydroxyl groups is 1. The Balaban J connectivity index is 2.48. The average molecular weight is 413 g/mol. The molecule has 0 saturated carbocycles. The van der Waals surface area contributed by atoms with E-state index in [1.807, 2.05) is 6.08 Å². The maximum Gasteiger partial charge on any atom is 0.122 e. The number of benzene rings is 1. The van der Waals surface area contributed by atoms with E-state index in [1.165, 1.54) is 22.3 Å². The van der Waals surface area contributed by atoms with Crippen molar-refractivity contribution in [1.82, 2.24) is 0 Å². The third kappa shape index (κ3) is 10.5. The number of phenolic OH excluding ortho intramolecular Hbond substituents is 2. The first-order chi connectivity index (χ1) is 14.1. The van der Waals surface area contributed by atoms with Crippen LogP contribution in [0.4, 0.5) is 0 Å². The number of aryl methyl sites for hydroxylation is 1. The summed E-state index contributed by atoms with van der Waals surface area (Å²) < 4.78 is 0. The van der Waals surface area contributed by atoms with Crippen LogP contribution in [0.3, 0.4) is 0 Å². The van der Waals surface area contributed by atoms with Crippen LogP contribution in [0, 0.1) is 6.92 Å². The Morgan fingerprint density at radius 3 is 2.17 bits per heavy atom. The maximum absolute atomic E-state index is 10.3. The summed E-state index contributed by atoms with van der Waals surface area (Å²) in [5.41, 5.74) is 6.44. The minimum atomic E-state index is -0.429. The molecule has 1 aromatic rings. The Kier molecular flexibility index (Phi) is 11.3. The summed E-state index contributed by atoms with van der Waals surface area (Å²) in [4.78, 5) is 0. The molecule has 1 rings (SSSR count). The number of rotatable bonds is 11. The fourth-order valence-corrected chi connectivity index (χ4v) is 3.39. The Morgan fingerprint density at radius 1 is 0.867 bits per heavy atom. The number of aliphatic hydroxyl groups excluding tert-OH is 1. The fourth-order valence-electron chi connectivity index (χ4n) is 3.39. The summed E-state index contributed by atoms with van der Waals surface area (Å²) >= 11 is 0. The Bertz CT molecular complexity index is 806. The second-order valence-corrected chi connectivity index (χ2v) is 8.72. The SMILES string of the molecule is CC(C)=CCC/C(C)=C/C(O)CC(C)=CCC/C(C)=C/Cc1cc(O)cc(C)c1O. The van der Waals surface area contributed by atoms with E-state index in [1.54, 1.807) is 19.1 Å². The van der Waals surface area contributed by atoms with Crippen LogP contribution in [-0.4, -0.2) is 21.4 Å². The van der Waals surface area contributed by atoms with Gasteiger partial charge in [-0.05, 0) is 97.8 Å². The summed E-state index contributed by atoms with van der Waals surface area (Å²) in [5, 5.41) is 30.1. The van der Waals surface area contributed by atoms with Gasteiger partial charge in [0.1, 0.15) is 11.5 Å². The van der Waals surface area contributed by atoms with E-state index in [4.69, 9.17) is 0 Å². The lowest BCUT2D eigenvalue weighted by Crippen LogP contribution is -2.03. The second-order valence-electron chi connectivity index (χ2n) is 8.72. The summed E-state index contributed by atoms with van der Waals surface area (Å²) in [6.45, 7) is 12.2. The molecule has 0 amide bonds. The van der Waals surface area contributed by atoms with Crippen LogP contribution in [0.2, 0.25) is 0 Å². The molecule has 1 atom stereocenters. The molecule has 0 spiro atoms. The van der Waals surface area contributed by atoms with Gasteiger partial charge in [0.25, 0.3) is 0 Å². The molecule has 0 saturated heterocycles. The van der Waals surface area contributed by atoms with Crippen LogP contribution in [0.25, 0.3) is 0 Å². The highest BCUT2D eigenvalue weighted by Gasteiger charge is 2.06. The van der Waals surface area contributed by atoms with Crippen molar-refractivity contribution >= 4 is 0 Å². The van der Waals surface area contributed by atoms with E-state index < -0.39 is 6.10 Å². The monoisotopic (exact) mass is 412 g/mol. The van der Waals surface area contributed by atoms with Gasteiger partial charge >= 0.3 is 0 Å². The van der Waals surface area contributed by atoms with Crippen molar-refractivity contribution in [3.63, 3.8) is 0 Å². The highest BCUT2D eigenvalue weighted by atomic mass is 16.3. The lowest BCUT2D eigenvalue weighted by molar-refractivity contribution is 0.222. The van der Waals surface area contributed by atoms with E-state index in [0.717, 1.165) is 31.2 Å². The van der Waals surface area contributed by atoms with Crippen LogP contribution in [0.15, 0.2) is 58.7 Å². The standard InChI is InChI=1S/C27H40O3/c1-19(2)9-7-11-21(4)15-25(28)16-22(5)12-8-10-20(3)13-14-24-18-26(29)17-23(6)27(24)30/h9,12-13,15,17-18,25,28-30H,7-8,10-11,14,16H2,1-6H3/b20-13+,21-15+,22-12?. The van der Waals surface area contributed by atoms with Crippen LogP contribution < -0.4 is 0 Å². The third-order valence-corrected chi connectivity index (χ3v) is 5.17. The van der Waals surface area contributed by atoms with Gasteiger partial charge in [-0.2, -0.15) is 0 Å². The lowest BCUT2D eigenvalue weighted by Gasteiger charge is -2.09. The normalized spacial score (nSPS) is 14.0. The second kappa shape index (κ2) is 13.1. The summed E-state index contributed by atoms with van der Waals surface area (Å²) in [5.74, 6) is 0.440. The molecule has 0 aliphatic carbocycles. The quantitative estimate of drug-likeness (QED) is 0.269. The first-order valence-electron chi connectivity index (χ1n) is 10.9.